The fourth-order valence-corrected chi connectivity index (χ4v) is 2.01. The van der Waals surface area contributed by atoms with Crippen molar-refractivity contribution in [2.45, 2.75) is 6.92 Å². The summed E-state index contributed by atoms with van der Waals surface area (Å²) in [7, 11) is 1.60. The Morgan fingerprint density at radius 2 is 2.00 bits per heavy atom. The number of anilines is 2. The maximum absolute atomic E-state index is 11.7. The molecule has 0 unspecified atom stereocenters. The van der Waals surface area contributed by atoms with Crippen molar-refractivity contribution in [1.82, 2.24) is 4.98 Å². The summed E-state index contributed by atoms with van der Waals surface area (Å²) in [5.74, 6) is 0.747. The highest BCUT2D eigenvalue weighted by atomic mass is 32.1. The van der Waals surface area contributed by atoms with E-state index >= 15 is 0 Å². The Kier molecular flexibility index (Phi) is 3.78. The monoisotopic (exact) mass is 263 g/mol. The molecule has 0 aliphatic heterocycles. The molecule has 0 spiro atoms. The van der Waals surface area contributed by atoms with Crippen molar-refractivity contribution in [3.8, 4) is 5.75 Å². The highest BCUT2D eigenvalue weighted by Crippen LogP contribution is 2.18. The van der Waals surface area contributed by atoms with Gasteiger partial charge in [-0.15, -0.1) is 11.3 Å². The molecule has 6 heteroatoms. The molecule has 0 radical (unpaired) electrons. The summed E-state index contributed by atoms with van der Waals surface area (Å²) in [6.07, 6.45) is 1.72. The van der Waals surface area contributed by atoms with Crippen LogP contribution in [0.3, 0.4) is 0 Å². The second-order valence-corrected chi connectivity index (χ2v) is 4.82. The van der Waals surface area contributed by atoms with Gasteiger partial charge in [0.1, 0.15) is 5.75 Å². The van der Waals surface area contributed by atoms with Crippen molar-refractivity contribution in [3.05, 3.63) is 35.3 Å². The lowest BCUT2D eigenvalue weighted by Crippen LogP contribution is -2.19. The fraction of sp³-hybridized carbons (Fsp3) is 0.167. The number of amides is 2. The zero-order valence-electron chi connectivity index (χ0n) is 10.1. The molecule has 2 amide bonds. The Morgan fingerprint density at radius 3 is 2.56 bits per heavy atom. The van der Waals surface area contributed by atoms with E-state index in [0.29, 0.717) is 10.8 Å². The second-order valence-electron chi connectivity index (χ2n) is 3.58. The summed E-state index contributed by atoms with van der Waals surface area (Å²) in [4.78, 5) is 16.8. The number of hydrogen-bond donors (Lipinski definition) is 2. The van der Waals surface area contributed by atoms with E-state index in [2.05, 4.69) is 15.6 Å². The average molecular weight is 263 g/mol. The number of methoxy groups -OCH3 is 1. The maximum atomic E-state index is 11.7. The van der Waals surface area contributed by atoms with Gasteiger partial charge in [-0.1, -0.05) is 0 Å². The largest absolute Gasteiger partial charge is 0.497 e. The molecule has 1 heterocycles. The van der Waals surface area contributed by atoms with E-state index in [1.807, 2.05) is 6.92 Å². The van der Waals surface area contributed by atoms with E-state index in [4.69, 9.17) is 4.74 Å². The van der Waals surface area contributed by atoms with Crippen LogP contribution in [0.5, 0.6) is 5.75 Å². The van der Waals surface area contributed by atoms with Crippen molar-refractivity contribution in [1.29, 1.82) is 0 Å². The molecule has 0 aliphatic carbocycles. The highest BCUT2D eigenvalue weighted by Gasteiger charge is 2.05. The SMILES string of the molecule is COc1ccc(NC(=O)Nc2ncc(C)s2)cc1. The topological polar surface area (TPSA) is 63.2 Å². The molecular weight excluding hydrogens is 250 g/mol. The van der Waals surface area contributed by atoms with Gasteiger partial charge in [-0.05, 0) is 31.2 Å². The van der Waals surface area contributed by atoms with Gasteiger partial charge >= 0.3 is 6.03 Å². The summed E-state index contributed by atoms with van der Waals surface area (Å²) in [6, 6.07) is 6.79. The Labute approximate surface area is 109 Å². The molecule has 2 rings (SSSR count). The number of carbonyl (C=O) groups is 1. The molecular formula is C12H13N3O2S. The molecule has 2 N–H and O–H groups in total. The number of carbonyl (C=O) groups excluding carboxylic acids is 1. The van der Waals surface area contributed by atoms with Crippen LogP contribution in [0, 0.1) is 6.92 Å². The lowest BCUT2D eigenvalue weighted by molar-refractivity contribution is 0.262. The summed E-state index contributed by atoms with van der Waals surface area (Å²) in [5.41, 5.74) is 0.696. The number of urea groups is 1. The van der Waals surface area contributed by atoms with Crippen LogP contribution in [-0.4, -0.2) is 18.1 Å². The van der Waals surface area contributed by atoms with E-state index in [9.17, 15) is 4.79 Å². The lowest BCUT2D eigenvalue weighted by atomic mass is 10.3. The number of hydrogen-bond acceptors (Lipinski definition) is 4. The highest BCUT2D eigenvalue weighted by molar-refractivity contribution is 7.15. The van der Waals surface area contributed by atoms with Crippen molar-refractivity contribution in [2.75, 3.05) is 17.7 Å². The first-order valence-corrected chi connectivity index (χ1v) is 6.13. The first kappa shape index (κ1) is 12.4. The lowest BCUT2D eigenvalue weighted by Gasteiger charge is -2.06. The van der Waals surface area contributed by atoms with E-state index in [1.165, 1.54) is 11.3 Å². The Balaban J connectivity index is 1.94. The molecule has 0 atom stereocenters. The van der Waals surface area contributed by atoms with Gasteiger partial charge in [-0.3, -0.25) is 5.32 Å². The summed E-state index contributed by atoms with van der Waals surface area (Å²) >= 11 is 1.43. The average Bonchev–Trinajstić information content (AvgIpc) is 2.75. The van der Waals surface area contributed by atoms with Crippen LogP contribution in [0.2, 0.25) is 0 Å². The molecule has 5 nitrogen and oxygen atoms in total. The number of aromatic nitrogens is 1. The molecule has 1 aromatic carbocycles. The molecule has 0 saturated heterocycles. The third-order valence-electron chi connectivity index (χ3n) is 2.19. The van der Waals surface area contributed by atoms with E-state index < -0.39 is 0 Å². The van der Waals surface area contributed by atoms with E-state index in [1.54, 1.807) is 37.6 Å². The van der Waals surface area contributed by atoms with Gasteiger partial charge in [0.2, 0.25) is 0 Å². The van der Waals surface area contributed by atoms with Crippen LogP contribution in [0.1, 0.15) is 4.88 Å². The standard InChI is InChI=1S/C12H13N3O2S/c1-8-7-13-12(18-8)15-11(16)14-9-3-5-10(17-2)6-4-9/h3-7H,1-2H3,(H2,13,14,15,16). The fourth-order valence-electron chi connectivity index (χ4n) is 1.35. The number of ether oxygens (including phenoxy) is 1. The van der Waals surface area contributed by atoms with Crippen LogP contribution >= 0.6 is 11.3 Å². The van der Waals surface area contributed by atoms with Crippen molar-refractivity contribution >= 4 is 28.2 Å². The number of thiazole rings is 1. The van der Waals surface area contributed by atoms with Gasteiger partial charge in [0.05, 0.1) is 7.11 Å². The molecule has 0 bridgehead atoms. The van der Waals surface area contributed by atoms with Crippen LogP contribution in [0.25, 0.3) is 0 Å². The molecule has 94 valence electrons. The number of rotatable bonds is 3. The van der Waals surface area contributed by atoms with Gasteiger partial charge in [0, 0.05) is 16.8 Å². The predicted molar refractivity (Wildman–Crippen MR) is 72.5 cm³/mol. The van der Waals surface area contributed by atoms with Crippen molar-refractivity contribution < 1.29 is 9.53 Å². The Hall–Kier alpha value is -2.08. The van der Waals surface area contributed by atoms with Gasteiger partial charge in [0.15, 0.2) is 5.13 Å². The minimum Gasteiger partial charge on any atom is -0.497 e. The normalized spacial score (nSPS) is 9.89. The Morgan fingerprint density at radius 1 is 1.28 bits per heavy atom. The van der Waals surface area contributed by atoms with E-state index in [0.717, 1.165) is 10.6 Å². The summed E-state index contributed by atoms with van der Waals surface area (Å²) < 4.78 is 5.04. The summed E-state index contributed by atoms with van der Waals surface area (Å²) in [5, 5.41) is 5.96. The van der Waals surface area contributed by atoms with Crippen LogP contribution in [0.15, 0.2) is 30.5 Å². The molecule has 18 heavy (non-hydrogen) atoms. The van der Waals surface area contributed by atoms with E-state index in [-0.39, 0.29) is 6.03 Å². The van der Waals surface area contributed by atoms with Gasteiger partial charge < -0.3 is 10.1 Å². The number of nitrogens with one attached hydrogen (secondary N) is 2. The third kappa shape index (κ3) is 3.21. The molecule has 0 saturated carbocycles. The molecule has 1 aromatic heterocycles. The minimum absolute atomic E-state index is 0.311. The quantitative estimate of drug-likeness (QED) is 0.894. The number of aryl methyl sites for hydroxylation is 1. The van der Waals surface area contributed by atoms with Gasteiger partial charge in [0.25, 0.3) is 0 Å². The van der Waals surface area contributed by atoms with Gasteiger partial charge in [-0.25, -0.2) is 9.78 Å². The predicted octanol–water partition coefficient (Wildman–Crippen LogP) is 3.10. The summed E-state index contributed by atoms with van der Waals surface area (Å²) in [6.45, 7) is 1.93. The zero-order valence-corrected chi connectivity index (χ0v) is 10.9. The molecule has 2 aromatic rings. The smallest absolute Gasteiger partial charge is 0.325 e. The molecule has 0 fully saturated rings. The van der Waals surface area contributed by atoms with Crippen LogP contribution < -0.4 is 15.4 Å². The van der Waals surface area contributed by atoms with Crippen molar-refractivity contribution in [2.24, 2.45) is 0 Å². The number of nitrogens with zero attached hydrogens (tertiary/aromatic N) is 1. The minimum atomic E-state index is -0.311. The maximum Gasteiger partial charge on any atom is 0.325 e. The first-order chi connectivity index (χ1) is 8.67. The van der Waals surface area contributed by atoms with Crippen LogP contribution in [-0.2, 0) is 0 Å². The molecule has 0 aliphatic rings. The van der Waals surface area contributed by atoms with Crippen LogP contribution in [0.4, 0.5) is 15.6 Å². The number of benzene rings is 1. The second kappa shape index (κ2) is 5.50. The Bertz CT molecular complexity index is 537. The first-order valence-electron chi connectivity index (χ1n) is 5.32. The zero-order chi connectivity index (χ0) is 13.0. The third-order valence-corrected chi connectivity index (χ3v) is 3.02. The van der Waals surface area contributed by atoms with Crippen molar-refractivity contribution in [3.63, 3.8) is 0 Å². The van der Waals surface area contributed by atoms with Gasteiger partial charge in [-0.2, -0.15) is 0 Å².